The monoisotopic (exact) mass is 242 g/mol. The molecule has 0 aliphatic carbocycles. The summed E-state index contributed by atoms with van der Waals surface area (Å²) in [4.78, 5) is 12.8. The normalized spacial score (nSPS) is 17.6. The molecule has 1 atom stereocenters. The molecule has 0 fully saturated rings. The predicted molar refractivity (Wildman–Crippen MR) is 75.8 cm³/mol. The van der Waals surface area contributed by atoms with E-state index in [9.17, 15) is 4.91 Å². The molecule has 0 saturated carbocycles. The van der Waals surface area contributed by atoms with Crippen molar-refractivity contribution in [1.29, 1.82) is 0 Å². The standard InChI is InChI=1S/C12H22N2OS/c1-6-9-14(4)10-8-12(3)11-16(5,7-2)13-15/h6-8H,1-2,9-11H2,3-5H3/b12-8+. The predicted octanol–water partition coefficient (Wildman–Crippen LogP) is 3.31. The molecule has 16 heavy (non-hydrogen) atoms. The van der Waals surface area contributed by atoms with E-state index in [-0.39, 0.29) is 0 Å². The molecule has 0 radical (unpaired) electrons. The Kier molecular flexibility index (Phi) is 7.01. The fourth-order valence-corrected chi connectivity index (χ4v) is 2.51. The van der Waals surface area contributed by atoms with Crippen LogP contribution in [-0.2, 0) is 0 Å². The Morgan fingerprint density at radius 3 is 2.50 bits per heavy atom. The minimum atomic E-state index is -1.55. The van der Waals surface area contributed by atoms with Crippen molar-refractivity contribution >= 4 is 10.2 Å². The molecule has 0 spiro atoms. The average molecular weight is 242 g/mol. The van der Waals surface area contributed by atoms with Gasteiger partial charge in [-0.15, -0.1) is 11.5 Å². The topological polar surface area (TPSA) is 32.7 Å². The lowest BCUT2D eigenvalue weighted by molar-refractivity contribution is 0.412. The molecule has 0 aromatic carbocycles. The lowest BCUT2D eigenvalue weighted by atomic mass is 10.3. The van der Waals surface area contributed by atoms with Crippen LogP contribution in [0.4, 0.5) is 0 Å². The second-order valence-electron chi connectivity index (χ2n) is 4.05. The summed E-state index contributed by atoms with van der Waals surface area (Å²) >= 11 is 0. The van der Waals surface area contributed by atoms with Gasteiger partial charge in [-0.2, -0.15) is 0 Å². The quantitative estimate of drug-likeness (QED) is 0.483. The van der Waals surface area contributed by atoms with Gasteiger partial charge in [0.15, 0.2) is 0 Å². The zero-order chi connectivity index (χ0) is 12.6. The van der Waals surface area contributed by atoms with E-state index in [1.807, 2.05) is 26.3 Å². The molecule has 1 unspecified atom stereocenters. The third-order valence-electron chi connectivity index (χ3n) is 2.24. The van der Waals surface area contributed by atoms with Crippen LogP contribution in [0, 0.1) is 4.91 Å². The van der Waals surface area contributed by atoms with Gasteiger partial charge in [0.2, 0.25) is 0 Å². The lowest BCUT2D eigenvalue weighted by Gasteiger charge is -2.22. The van der Waals surface area contributed by atoms with Crippen LogP contribution in [0.1, 0.15) is 6.92 Å². The van der Waals surface area contributed by atoms with Crippen molar-refractivity contribution in [2.24, 2.45) is 4.58 Å². The Balaban J connectivity index is 4.28. The number of likely N-dealkylation sites (N-methyl/N-ethyl adjacent to an activating group) is 1. The van der Waals surface area contributed by atoms with Gasteiger partial charge < -0.3 is 0 Å². The zero-order valence-electron chi connectivity index (χ0n) is 10.5. The number of hydrogen-bond donors (Lipinski definition) is 0. The molecule has 92 valence electrons. The van der Waals surface area contributed by atoms with Crippen LogP contribution in [0.5, 0.6) is 0 Å². The van der Waals surface area contributed by atoms with Crippen molar-refractivity contribution in [2.75, 3.05) is 32.1 Å². The molecular weight excluding hydrogens is 220 g/mol. The van der Waals surface area contributed by atoms with Gasteiger partial charge in [-0.1, -0.05) is 34.5 Å². The van der Waals surface area contributed by atoms with E-state index in [0.29, 0.717) is 5.75 Å². The molecule has 0 heterocycles. The van der Waals surface area contributed by atoms with Crippen LogP contribution in [0.3, 0.4) is 0 Å². The largest absolute Gasteiger partial charge is 0.299 e. The van der Waals surface area contributed by atoms with Gasteiger partial charge in [-0.3, -0.25) is 4.90 Å². The van der Waals surface area contributed by atoms with E-state index in [4.69, 9.17) is 0 Å². The fourth-order valence-electron chi connectivity index (χ4n) is 1.24. The van der Waals surface area contributed by atoms with Gasteiger partial charge in [0.05, 0.1) is 0 Å². The maximum Gasteiger partial charge on any atom is 0.0226 e. The van der Waals surface area contributed by atoms with Crippen LogP contribution in [0.15, 0.2) is 40.9 Å². The van der Waals surface area contributed by atoms with Crippen LogP contribution in [-0.4, -0.2) is 37.0 Å². The summed E-state index contributed by atoms with van der Waals surface area (Å²) < 4.78 is 3.19. The summed E-state index contributed by atoms with van der Waals surface area (Å²) in [6, 6.07) is 0. The highest BCUT2D eigenvalue weighted by molar-refractivity contribution is 8.34. The highest BCUT2D eigenvalue weighted by Crippen LogP contribution is 2.47. The molecular formula is C12H22N2OS. The summed E-state index contributed by atoms with van der Waals surface area (Å²) in [5.41, 5.74) is 1.19. The Hall–Kier alpha value is -0.870. The lowest BCUT2D eigenvalue weighted by Crippen LogP contribution is -2.18. The first-order valence-electron chi connectivity index (χ1n) is 5.15. The first-order valence-corrected chi connectivity index (χ1v) is 7.38. The number of rotatable bonds is 8. The van der Waals surface area contributed by atoms with E-state index in [1.165, 1.54) is 5.57 Å². The third-order valence-corrected chi connectivity index (χ3v) is 4.34. The fraction of sp³-hybridized carbons (Fsp3) is 0.500. The molecule has 0 aliphatic rings. The van der Waals surface area contributed by atoms with E-state index in [2.05, 4.69) is 28.7 Å². The summed E-state index contributed by atoms with van der Waals surface area (Å²) in [5.74, 6) is 0.710. The van der Waals surface area contributed by atoms with Gasteiger partial charge in [-0.25, -0.2) is 0 Å². The molecule has 0 saturated heterocycles. The Labute approximate surface area is 100 Å². The van der Waals surface area contributed by atoms with E-state index >= 15 is 0 Å². The molecule has 0 bridgehead atoms. The van der Waals surface area contributed by atoms with Crippen molar-refractivity contribution in [3.05, 3.63) is 41.2 Å². The molecule has 0 aliphatic heterocycles. The van der Waals surface area contributed by atoms with Crippen LogP contribution < -0.4 is 0 Å². The van der Waals surface area contributed by atoms with Crippen LogP contribution >= 0.6 is 10.2 Å². The van der Waals surface area contributed by atoms with Crippen molar-refractivity contribution in [2.45, 2.75) is 6.92 Å². The summed E-state index contributed by atoms with van der Waals surface area (Å²) in [5, 5.41) is 1.69. The first kappa shape index (κ1) is 15.1. The second-order valence-corrected chi connectivity index (χ2v) is 7.04. The molecule has 3 nitrogen and oxygen atoms in total. The average Bonchev–Trinajstić information content (AvgIpc) is 2.26. The number of nitrogens with zero attached hydrogens (tertiary/aromatic N) is 2. The molecule has 0 amide bonds. The smallest absolute Gasteiger partial charge is 0.0226 e. The van der Waals surface area contributed by atoms with E-state index < -0.39 is 10.2 Å². The van der Waals surface area contributed by atoms with Crippen molar-refractivity contribution in [1.82, 2.24) is 4.90 Å². The summed E-state index contributed by atoms with van der Waals surface area (Å²) in [7, 11) is 0.483. The van der Waals surface area contributed by atoms with E-state index in [0.717, 1.165) is 13.1 Å². The van der Waals surface area contributed by atoms with E-state index in [1.54, 1.807) is 5.41 Å². The Morgan fingerprint density at radius 2 is 2.06 bits per heavy atom. The van der Waals surface area contributed by atoms with Crippen LogP contribution in [0.25, 0.3) is 0 Å². The second kappa shape index (κ2) is 7.41. The number of hydrogen-bond acceptors (Lipinski definition) is 3. The highest BCUT2D eigenvalue weighted by atomic mass is 32.3. The van der Waals surface area contributed by atoms with Gasteiger partial charge in [0, 0.05) is 18.8 Å². The molecule has 0 rings (SSSR count). The minimum Gasteiger partial charge on any atom is -0.299 e. The Bertz CT molecular complexity index is 279. The molecule has 0 aromatic heterocycles. The van der Waals surface area contributed by atoms with Crippen molar-refractivity contribution < 1.29 is 0 Å². The number of nitroso groups, excluding NO2 is 1. The maximum atomic E-state index is 10.7. The van der Waals surface area contributed by atoms with Gasteiger partial charge >= 0.3 is 0 Å². The third kappa shape index (κ3) is 5.88. The van der Waals surface area contributed by atoms with Crippen molar-refractivity contribution in [3.63, 3.8) is 0 Å². The summed E-state index contributed by atoms with van der Waals surface area (Å²) in [6.45, 7) is 11.1. The molecule has 4 heteroatoms. The van der Waals surface area contributed by atoms with Gasteiger partial charge in [0.25, 0.3) is 0 Å². The first-order chi connectivity index (χ1) is 7.47. The zero-order valence-corrected chi connectivity index (χ0v) is 11.3. The molecule has 0 N–H and O–H groups in total. The Morgan fingerprint density at radius 1 is 1.44 bits per heavy atom. The van der Waals surface area contributed by atoms with Gasteiger partial charge in [-0.05, 0) is 30.2 Å². The van der Waals surface area contributed by atoms with Crippen molar-refractivity contribution in [3.8, 4) is 0 Å². The van der Waals surface area contributed by atoms with Crippen LogP contribution in [0.2, 0.25) is 0 Å². The maximum absolute atomic E-state index is 10.7. The highest BCUT2D eigenvalue weighted by Gasteiger charge is 2.14. The molecule has 0 aromatic rings. The minimum absolute atomic E-state index is 0.710. The summed E-state index contributed by atoms with van der Waals surface area (Å²) in [6.07, 6.45) is 5.87. The van der Waals surface area contributed by atoms with Gasteiger partial charge in [0.1, 0.15) is 0 Å². The SMILES string of the molecule is C=CCN(C)C/C=C(\C)CS(C)(C=C)N=O.